The number of hydrogen-bond acceptors (Lipinski definition) is 5. The summed E-state index contributed by atoms with van der Waals surface area (Å²) in [6, 6.07) is 7.52. The number of methoxy groups -OCH3 is 2. The van der Waals surface area contributed by atoms with Gasteiger partial charge in [-0.2, -0.15) is 0 Å². The number of ether oxygens (including phenoxy) is 4. The fourth-order valence-electron chi connectivity index (χ4n) is 4.80. The Morgan fingerprint density at radius 1 is 1.22 bits per heavy atom. The van der Waals surface area contributed by atoms with E-state index in [0.29, 0.717) is 5.92 Å². The third-order valence-electron chi connectivity index (χ3n) is 6.62. The van der Waals surface area contributed by atoms with Crippen LogP contribution in [0.3, 0.4) is 0 Å². The summed E-state index contributed by atoms with van der Waals surface area (Å²) in [6.07, 6.45) is 9.14. The minimum absolute atomic E-state index is 0.153. The lowest BCUT2D eigenvalue weighted by Gasteiger charge is -2.38. The first-order valence-electron chi connectivity index (χ1n) is 11.7. The van der Waals surface area contributed by atoms with Gasteiger partial charge in [-0.05, 0) is 67.4 Å². The van der Waals surface area contributed by atoms with Crippen LogP contribution in [0, 0.1) is 11.8 Å². The number of allylic oxidation sites excluding steroid dienone is 1. The van der Waals surface area contributed by atoms with Gasteiger partial charge in [-0.3, -0.25) is 0 Å². The van der Waals surface area contributed by atoms with Gasteiger partial charge in [0.15, 0.2) is 0 Å². The van der Waals surface area contributed by atoms with E-state index in [9.17, 15) is 4.79 Å². The lowest BCUT2D eigenvalue weighted by molar-refractivity contribution is -0.161. The van der Waals surface area contributed by atoms with Gasteiger partial charge in [-0.1, -0.05) is 39.0 Å². The Kier molecular flexibility index (Phi) is 8.18. The van der Waals surface area contributed by atoms with Crippen LogP contribution in [0.25, 0.3) is 6.08 Å². The molecule has 5 heteroatoms. The maximum Gasteiger partial charge on any atom is 0.331 e. The molecule has 1 aliphatic heterocycles. The van der Waals surface area contributed by atoms with Crippen molar-refractivity contribution in [2.75, 3.05) is 14.2 Å². The fourth-order valence-corrected chi connectivity index (χ4v) is 4.80. The Hall–Kier alpha value is -2.11. The Labute approximate surface area is 192 Å². The second-order valence-electron chi connectivity index (χ2n) is 9.65. The van der Waals surface area contributed by atoms with E-state index in [1.807, 2.05) is 24.3 Å². The van der Waals surface area contributed by atoms with Gasteiger partial charge in [0.05, 0.1) is 13.2 Å². The van der Waals surface area contributed by atoms with Crippen LogP contribution < -0.4 is 4.74 Å². The average molecular weight is 443 g/mol. The molecule has 1 aromatic rings. The van der Waals surface area contributed by atoms with Crippen molar-refractivity contribution in [3.05, 3.63) is 47.6 Å². The minimum Gasteiger partial charge on any atom is -0.497 e. The molecule has 0 N–H and O–H groups in total. The Morgan fingerprint density at radius 2 is 1.94 bits per heavy atom. The zero-order chi connectivity index (χ0) is 23.3. The van der Waals surface area contributed by atoms with Gasteiger partial charge in [-0.15, -0.1) is 0 Å². The van der Waals surface area contributed by atoms with E-state index in [0.717, 1.165) is 30.6 Å². The molecular weight excluding hydrogens is 404 g/mol. The van der Waals surface area contributed by atoms with Gasteiger partial charge in [0.1, 0.15) is 23.6 Å². The summed E-state index contributed by atoms with van der Waals surface area (Å²) in [5.74, 6) is 1.28. The van der Waals surface area contributed by atoms with Crippen molar-refractivity contribution in [1.82, 2.24) is 0 Å². The standard InChI is InChI=1S/C27H38O5/c1-18(2)8-7-9-19(3)26-27(32-26)16-20(4)25(23(17-27)30-6)31-24(28)15-12-21-10-13-22(29-5)14-11-21/h9-15,18,20,23,25-26H,7-8,16-17H2,1-6H3/t20-,23-,25+,26?,27+/m0/s1. The van der Waals surface area contributed by atoms with Crippen molar-refractivity contribution in [3.8, 4) is 5.75 Å². The highest BCUT2D eigenvalue weighted by Gasteiger charge is 2.62. The zero-order valence-electron chi connectivity index (χ0n) is 20.3. The third-order valence-corrected chi connectivity index (χ3v) is 6.62. The number of esters is 1. The second-order valence-corrected chi connectivity index (χ2v) is 9.65. The SMILES string of the molecule is COc1ccc(C=CC(=O)O[C@H]2[C@@H](OC)C[C@@]3(C[C@@H]2C)OC3C(C)=CCCC(C)C)cc1. The molecule has 32 heavy (non-hydrogen) atoms. The van der Waals surface area contributed by atoms with Crippen LogP contribution in [0.15, 0.2) is 42.0 Å². The molecule has 2 fully saturated rings. The van der Waals surface area contributed by atoms with Crippen molar-refractivity contribution >= 4 is 12.0 Å². The molecule has 3 rings (SSSR count). The molecule has 0 amide bonds. The van der Waals surface area contributed by atoms with E-state index in [1.54, 1.807) is 20.3 Å². The number of hydrogen-bond donors (Lipinski definition) is 0. The lowest BCUT2D eigenvalue weighted by Crippen LogP contribution is -2.47. The van der Waals surface area contributed by atoms with Crippen molar-refractivity contribution in [1.29, 1.82) is 0 Å². The highest BCUT2D eigenvalue weighted by molar-refractivity contribution is 5.87. The molecular formula is C27H38O5. The summed E-state index contributed by atoms with van der Waals surface area (Å²) in [6.45, 7) is 8.78. The molecule has 0 radical (unpaired) electrons. The first-order valence-corrected chi connectivity index (χ1v) is 11.7. The van der Waals surface area contributed by atoms with Crippen LogP contribution in [0.2, 0.25) is 0 Å². The maximum atomic E-state index is 12.5. The zero-order valence-corrected chi connectivity index (χ0v) is 20.3. The van der Waals surface area contributed by atoms with Crippen LogP contribution >= 0.6 is 0 Å². The molecule has 1 unspecified atom stereocenters. The van der Waals surface area contributed by atoms with Gasteiger partial charge >= 0.3 is 5.97 Å². The van der Waals surface area contributed by atoms with E-state index in [1.165, 1.54) is 18.1 Å². The van der Waals surface area contributed by atoms with Crippen LogP contribution in [0.4, 0.5) is 0 Å². The van der Waals surface area contributed by atoms with Crippen LogP contribution in [0.5, 0.6) is 5.75 Å². The largest absolute Gasteiger partial charge is 0.497 e. The van der Waals surface area contributed by atoms with E-state index >= 15 is 0 Å². The molecule has 5 atom stereocenters. The number of rotatable bonds is 9. The second kappa shape index (κ2) is 10.7. The number of epoxide rings is 1. The molecule has 1 saturated carbocycles. The average Bonchev–Trinajstić information content (AvgIpc) is 3.46. The summed E-state index contributed by atoms with van der Waals surface area (Å²) in [5.41, 5.74) is 2.04. The first kappa shape index (κ1) is 24.5. The predicted molar refractivity (Wildman–Crippen MR) is 127 cm³/mol. The van der Waals surface area contributed by atoms with Gasteiger partial charge < -0.3 is 18.9 Å². The molecule has 2 aliphatic rings. The predicted octanol–water partition coefficient (Wildman–Crippen LogP) is 5.59. The number of carbonyl (C=O) groups excluding carboxylic acids is 1. The number of carbonyl (C=O) groups is 1. The van der Waals surface area contributed by atoms with Crippen molar-refractivity contribution in [2.45, 2.75) is 77.3 Å². The summed E-state index contributed by atoms with van der Waals surface area (Å²) >= 11 is 0. The first-order chi connectivity index (χ1) is 15.3. The molecule has 0 bridgehead atoms. The normalized spacial score (nSPS) is 30.2. The maximum absolute atomic E-state index is 12.5. The van der Waals surface area contributed by atoms with Gasteiger partial charge in [0, 0.05) is 19.6 Å². The number of benzene rings is 1. The van der Waals surface area contributed by atoms with Crippen molar-refractivity contribution in [3.63, 3.8) is 0 Å². The monoisotopic (exact) mass is 442 g/mol. The van der Waals surface area contributed by atoms with Gasteiger partial charge in [0.2, 0.25) is 0 Å². The molecule has 0 aromatic heterocycles. The van der Waals surface area contributed by atoms with Gasteiger partial charge in [0.25, 0.3) is 0 Å². The lowest BCUT2D eigenvalue weighted by atomic mass is 9.75. The molecule has 1 aromatic carbocycles. The summed E-state index contributed by atoms with van der Waals surface area (Å²) < 4.78 is 23.0. The molecule has 1 heterocycles. The molecule has 5 nitrogen and oxygen atoms in total. The minimum atomic E-state index is -0.353. The molecule has 1 aliphatic carbocycles. The summed E-state index contributed by atoms with van der Waals surface area (Å²) in [7, 11) is 3.32. The molecule has 1 saturated heterocycles. The van der Waals surface area contributed by atoms with Crippen molar-refractivity contribution < 1.29 is 23.7 Å². The molecule has 176 valence electrons. The molecule has 1 spiro atoms. The van der Waals surface area contributed by atoms with Crippen LogP contribution in [-0.4, -0.2) is 44.1 Å². The highest BCUT2D eigenvalue weighted by atomic mass is 16.6. The van der Waals surface area contributed by atoms with E-state index < -0.39 is 0 Å². The van der Waals surface area contributed by atoms with E-state index in [4.69, 9.17) is 18.9 Å². The smallest absolute Gasteiger partial charge is 0.331 e. The highest BCUT2D eigenvalue weighted by Crippen LogP contribution is 2.53. The Morgan fingerprint density at radius 3 is 2.56 bits per heavy atom. The van der Waals surface area contributed by atoms with Crippen LogP contribution in [0.1, 0.15) is 58.9 Å². The summed E-state index contributed by atoms with van der Waals surface area (Å²) in [5, 5.41) is 0. The van der Waals surface area contributed by atoms with Crippen LogP contribution in [-0.2, 0) is 19.0 Å². The Bertz CT molecular complexity index is 825. The van der Waals surface area contributed by atoms with E-state index in [2.05, 4.69) is 33.8 Å². The fraction of sp³-hybridized carbons (Fsp3) is 0.593. The van der Waals surface area contributed by atoms with E-state index in [-0.39, 0.29) is 35.8 Å². The Balaban J connectivity index is 1.57. The quantitative estimate of drug-likeness (QED) is 0.216. The topological polar surface area (TPSA) is 57.3 Å². The van der Waals surface area contributed by atoms with Gasteiger partial charge in [-0.25, -0.2) is 4.79 Å². The third kappa shape index (κ3) is 6.02. The van der Waals surface area contributed by atoms with Crippen molar-refractivity contribution in [2.24, 2.45) is 11.8 Å². The summed E-state index contributed by atoms with van der Waals surface area (Å²) in [4.78, 5) is 12.5.